The van der Waals surface area contributed by atoms with Crippen molar-refractivity contribution in [2.45, 2.75) is 19.4 Å². The summed E-state index contributed by atoms with van der Waals surface area (Å²) in [5.41, 5.74) is 3.17. The Bertz CT molecular complexity index is 564. The maximum absolute atomic E-state index is 13.4. The van der Waals surface area contributed by atoms with Gasteiger partial charge in [-0.05, 0) is 43.3 Å². The van der Waals surface area contributed by atoms with Crippen molar-refractivity contribution >= 4 is 11.4 Å². The van der Waals surface area contributed by atoms with Crippen LogP contribution < -0.4 is 10.2 Å². The van der Waals surface area contributed by atoms with Gasteiger partial charge in [0.25, 0.3) is 0 Å². The summed E-state index contributed by atoms with van der Waals surface area (Å²) in [6, 6.07) is 15.2. The Morgan fingerprint density at radius 3 is 2.55 bits per heavy atom. The summed E-state index contributed by atoms with van der Waals surface area (Å²) in [5.74, 6) is -0.215. The lowest BCUT2D eigenvalue weighted by molar-refractivity contribution is 0.577. The highest BCUT2D eigenvalue weighted by atomic mass is 19.1. The summed E-state index contributed by atoms with van der Waals surface area (Å²) in [7, 11) is 3.93. The van der Waals surface area contributed by atoms with Crippen LogP contribution in [0.2, 0.25) is 0 Å². The van der Waals surface area contributed by atoms with Crippen molar-refractivity contribution in [3.63, 3.8) is 0 Å². The van der Waals surface area contributed by atoms with Crippen LogP contribution in [0.15, 0.2) is 48.5 Å². The van der Waals surface area contributed by atoms with Crippen LogP contribution in [-0.2, 0) is 0 Å². The van der Waals surface area contributed by atoms with E-state index in [2.05, 4.69) is 24.4 Å². The largest absolute Gasteiger partial charge is 0.344 e. The molecule has 0 aliphatic heterocycles. The summed E-state index contributed by atoms with van der Waals surface area (Å²) in [6.45, 7) is 2.15. The molecule has 2 nitrogen and oxygen atoms in total. The Hall–Kier alpha value is -1.87. The first-order chi connectivity index (χ1) is 9.67. The molecule has 1 N–H and O–H groups in total. The minimum atomic E-state index is -0.215. The second-order valence-electron chi connectivity index (χ2n) is 4.85. The SMILES string of the molecule is CCC(NC)c1ccccc1N(C)c1cccc(F)c1. The predicted molar refractivity (Wildman–Crippen MR) is 83.0 cm³/mol. The molecule has 0 aromatic heterocycles. The van der Waals surface area contributed by atoms with Gasteiger partial charge in [0.1, 0.15) is 5.82 Å². The van der Waals surface area contributed by atoms with Gasteiger partial charge in [-0.1, -0.05) is 31.2 Å². The van der Waals surface area contributed by atoms with E-state index in [-0.39, 0.29) is 5.82 Å². The number of nitrogens with zero attached hydrogens (tertiary/aromatic N) is 1. The Morgan fingerprint density at radius 2 is 1.90 bits per heavy atom. The number of para-hydroxylation sites is 1. The molecule has 2 rings (SSSR count). The summed E-state index contributed by atoms with van der Waals surface area (Å²) >= 11 is 0. The second-order valence-corrected chi connectivity index (χ2v) is 4.85. The van der Waals surface area contributed by atoms with Crippen LogP contribution in [0.1, 0.15) is 24.9 Å². The molecule has 2 aromatic carbocycles. The van der Waals surface area contributed by atoms with E-state index in [1.165, 1.54) is 11.6 Å². The fraction of sp³-hybridized carbons (Fsp3) is 0.294. The highest BCUT2D eigenvalue weighted by molar-refractivity contribution is 5.66. The molecule has 20 heavy (non-hydrogen) atoms. The fourth-order valence-electron chi connectivity index (χ4n) is 2.49. The molecule has 0 saturated carbocycles. The van der Waals surface area contributed by atoms with Crippen molar-refractivity contribution in [1.82, 2.24) is 5.32 Å². The van der Waals surface area contributed by atoms with Gasteiger partial charge in [0.05, 0.1) is 0 Å². The number of rotatable bonds is 5. The van der Waals surface area contributed by atoms with Gasteiger partial charge in [-0.2, -0.15) is 0 Å². The van der Waals surface area contributed by atoms with Gasteiger partial charge in [-0.3, -0.25) is 0 Å². The highest BCUT2D eigenvalue weighted by Gasteiger charge is 2.15. The van der Waals surface area contributed by atoms with Crippen molar-refractivity contribution in [2.24, 2.45) is 0 Å². The molecule has 1 atom stereocenters. The number of halogens is 1. The van der Waals surface area contributed by atoms with Gasteiger partial charge in [-0.15, -0.1) is 0 Å². The zero-order valence-corrected chi connectivity index (χ0v) is 12.2. The molecule has 1 unspecified atom stereocenters. The lowest BCUT2D eigenvalue weighted by Crippen LogP contribution is -2.19. The van der Waals surface area contributed by atoms with Crippen molar-refractivity contribution in [2.75, 3.05) is 19.0 Å². The fourth-order valence-corrected chi connectivity index (χ4v) is 2.49. The quantitative estimate of drug-likeness (QED) is 0.874. The lowest BCUT2D eigenvalue weighted by Gasteiger charge is -2.26. The Balaban J connectivity index is 2.42. The second kappa shape index (κ2) is 6.53. The minimum Gasteiger partial charge on any atom is -0.344 e. The third-order valence-corrected chi connectivity index (χ3v) is 3.63. The van der Waals surface area contributed by atoms with E-state index in [0.29, 0.717) is 6.04 Å². The molecular formula is C17H21FN2. The first-order valence-corrected chi connectivity index (χ1v) is 6.92. The number of nitrogens with one attached hydrogen (secondary N) is 1. The molecule has 0 fully saturated rings. The average Bonchev–Trinajstić information content (AvgIpc) is 2.48. The van der Waals surface area contributed by atoms with Crippen molar-refractivity contribution in [3.8, 4) is 0 Å². The van der Waals surface area contributed by atoms with Crippen LogP contribution in [0.25, 0.3) is 0 Å². The third kappa shape index (κ3) is 2.99. The number of hydrogen-bond acceptors (Lipinski definition) is 2. The zero-order chi connectivity index (χ0) is 14.5. The molecule has 0 aliphatic carbocycles. The Labute approximate surface area is 120 Å². The molecule has 2 aromatic rings. The molecule has 0 amide bonds. The number of benzene rings is 2. The first-order valence-electron chi connectivity index (χ1n) is 6.92. The maximum atomic E-state index is 13.4. The van der Waals surface area contributed by atoms with Crippen LogP contribution in [0.5, 0.6) is 0 Å². The van der Waals surface area contributed by atoms with Crippen LogP contribution >= 0.6 is 0 Å². The topological polar surface area (TPSA) is 15.3 Å². The third-order valence-electron chi connectivity index (χ3n) is 3.63. The maximum Gasteiger partial charge on any atom is 0.125 e. The van der Waals surface area contributed by atoms with Crippen LogP contribution in [-0.4, -0.2) is 14.1 Å². The van der Waals surface area contributed by atoms with Gasteiger partial charge in [0, 0.05) is 24.5 Å². The van der Waals surface area contributed by atoms with E-state index >= 15 is 0 Å². The van der Waals surface area contributed by atoms with Gasteiger partial charge in [0.2, 0.25) is 0 Å². The Morgan fingerprint density at radius 1 is 1.15 bits per heavy atom. The zero-order valence-electron chi connectivity index (χ0n) is 12.2. The first kappa shape index (κ1) is 14.5. The molecule has 0 aliphatic rings. The normalized spacial score (nSPS) is 12.2. The average molecular weight is 272 g/mol. The van der Waals surface area contributed by atoms with Gasteiger partial charge in [0.15, 0.2) is 0 Å². The number of hydrogen-bond donors (Lipinski definition) is 1. The summed E-state index contributed by atoms with van der Waals surface area (Å²) < 4.78 is 13.4. The molecule has 106 valence electrons. The molecule has 0 heterocycles. The van der Waals surface area contributed by atoms with E-state index in [1.54, 1.807) is 12.1 Å². The van der Waals surface area contributed by atoms with Crippen molar-refractivity contribution < 1.29 is 4.39 Å². The smallest absolute Gasteiger partial charge is 0.125 e. The van der Waals surface area contributed by atoms with Crippen molar-refractivity contribution in [1.29, 1.82) is 0 Å². The van der Waals surface area contributed by atoms with E-state index in [1.807, 2.05) is 37.2 Å². The minimum absolute atomic E-state index is 0.215. The standard InChI is InChI=1S/C17H21FN2/c1-4-16(19-2)15-10-5-6-11-17(15)20(3)14-9-7-8-13(18)12-14/h5-12,16,19H,4H2,1-3H3. The summed E-state index contributed by atoms with van der Waals surface area (Å²) in [4.78, 5) is 2.03. The monoisotopic (exact) mass is 272 g/mol. The molecule has 0 radical (unpaired) electrons. The van der Waals surface area contributed by atoms with Gasteiger partial charge >= 0.3 is 0 Å². The van der Waals surface area contributed by atoms with E-state index in [0.717, 1.165) is 17.8 Å². The molecular weight excluding hydrogens is 251 g/mol. The summed E-state index contributed by atoms with van der Waals surface area (Å²) in [6.07, 6.45) is 1.00. The van der Waals surface area contributed by atoms with E-state index in [4.69, 9.17) is 0 Å². The van der Waals surface area contributed by atoms with Crippen LogP contribution in [0.3, 0.4) is 0 Å². The molecule has 0 bridgehead atoms. The molecule has 3 heteroatoms. The van der Waals surface area contributed by atoms with Crippen molar-refractivity contribution in [3.05, 3.63) is 59.9 Å². The van der Waals surface area contributed by atoms with Crippen LogP contribution in [0, 0.1) is 5.82 Å². The predicted octanol–water partition coefficient (Wildman–Crippen LogP) is 4.26. The Kier molecular flexibility index (Phi) is 4.74. The number of anilines is 2. The summed E-state index contributed by atoms with van der Waals surface area (Å²) in [5, 5.41) is 3.33. The highest BCUT2D eigenvalue weighted by Crippen LogP contribution is 2.31. The van der Waals surface area contributed by atoms with Gasteiger partial charge in [-0.25, -0.2) is 4.39 Å². The van der Waals surface area contributed by atoms with Gasteiger partial charge < -0.3 is 10.2 Å². The lowest BCUT2D eigenvalue weighted by atomic mass is 10.0. The molecule has 0 saturated heterocycles. The molecule has 0 spiro atoms. The van der Waals surface area contributed by atoms with E-state index < -0.39 is 0 Å². The van der Waals surface area contributed by atoms with Crippen LogP contribution in [0.4, 0.5) is 15.8 Å². The van der Waals surface area contributed by atoms with E-state index in [9.17, 15) is 4.39 Å².